The van der Waals surface area contributed by atoms with Gasteiger partial charge >= 0.3 is 0 Å². The number of amides is 3. The Balaban J connectivity index is 1.34. The first-order chi connectivity index (χ1) is 14.3. The monoisotopic (exact) mass is 478 g/mol. The van der Waals surface area contributed by atoms with E-state index in [-0.39, 0.29) is 35.4 Å². The summed E-state index contributed by atoms with van der Waals surface area (Å²) in [5.41, 5.74) is 0.556. The fourth-order valence-corrected chi connectivity index (χ4v) is 3.98. The molecule has 2 aliphatic rings. The molecule has 0 aliphatic carbocycles. The van der Waals surface area contributed by atoms with Gasteiger partial charge in [-0.05, 0) is 30.3 Å². The van der Waals surface area contributed by atoms with Crippen LogP contribution in [0, 0.1) is 11.6 Å². The van der Waals surface area contributed by atoms with Crippen LogP contribution in [0.2, 0.25) is 0 Å². The molecule has 4 rings (SSSR count). The fraction of sp³-hybridized carbons (Fsp3) is 0.286. The number of imide groups is 1. The van der Waals surface area contributed by atoms with Gasteiger partial charge in [-0.2, -0.15) is 0 Å². The van der Waals surface area contributed by atoms with Crippen molar-refractivity contribution in [2.75, 3.05) is 19.6 Å². The molecule has 2 heterocycles. The first-order valence-electron chi connectivity index (χ1n) is 9.38. The molecule has 2 aromatic rings. The molecule has 30 heavy (non-hydrogen) atoms. The van der Waals surface area contributed by atoms with Crippen LogP contribution < -0.4 is 4.74 Å². The lowest BCUT2D eigenvalue weighted by atomic mass is 10.1. The van der Waals surface area contributed by atoms with Gasteiger partial charge in [-0.25, -0.2) is 8.78 Å². The third kappa shape index (κ3) is 3.94. The molecular formula is C21H17BrF2N2O4. The van der Waals surface area contributed by atoms with Crippen molar-refractivity contribution < 1.29 is 27.9 Å². The molecule has 156 valence electrons. The van der Waals surface area contributed by atoms with Gasteiger partial charge < -0.3 is 9.64 Å². The molecule has 1 fully saturated rings. The predicted octanol–water partition coefficient (Wildman–Crippen LogP) is 3.39. The van der Waals surface area contributed by atoms with Crippen LogP contribution >= 0.6 is 15.9 Å². The van der Waals surface area contributed by atoms with Gasteiger partial charge in [0, 0.05) is 36.5 Å². The highest BCUT2D eigenvalue weighted by Crippen LogP contribution is 2.27. The molecule has 0 spiro atoms. The molecule has 0 radical (unpaired) electrons. The van der Waals surface area contributed by atoms with Crippen molar-refractivity contribution in [3.63, 3.8) is 0 Å². The van der Waals surface area contributed by atoms with Crippen molar-refractivity contribution in [1.29, 1.82) is 0 Å². The van der Waals surface area contributed by atoms with Crippen molar-refractivity contribution in [1.82, 2.24) is 9.80 Å². The van der Waals surface area contributed by atoms with Gasteiger partial charge in [-0.15, -0.1) is 0 Å². The van der Waals surface area contributed by atoms with Gasteiger partial charge in [-0.3, -0.25) is 19.3 Å². The second kappa shape index (κ2) is 8.14. The minimum atomic E-state index is -0.772. The van der Waals surface area contributed by atoms with Gasteiger partial charge in [0.15, 0.2) is 11.6 Å². The smallest absolute Gasteiger partial charge is 0.262 e. The number of likely N-dealkylation sites (tertiary alicyclic amines) is 1. The number of fused-ring (bicyclic) bond motifs is 1. The van der Waals surface area contributed by atoms with Gasteiger partial charge in [-0.1, -0.05) is 15.9 Å². The van der Waals surface area contributed by atoms with Gasteiger partial charge in [0.2, 0.25) is 5.91 Å². The average molecular weight is 479 g/mol. The summed E-state index contributed by atoms with van der Waals surface area (Å²) in [5, 5.41) is 0. The number of piperidine rings is 1. The summed E-state index contributed by atoms with van der Waals surface area (Å²) in [6.45, 7) is 0.365. The molecule has 9 heteroatoms. The lowest BCUT2D eigenvalue weighted by Gasteiger charge is -2.33. The van der Waals surface area contributed by atoms with Crippen molar-refractivity contribution in [3.8, 4) is 5.75 Å². The molecule has 0 unspecified atom stereocenters. The van der Waals surface area contributed by atoms with Gasteiger partial charge in [0.1, 0.15) is 18.5 Å². The first-order valence-corrected chi connectivity index (χ1v) is 10.2. The third-order valence-electron chi connectivity index (χ3n) is 5.21. The van der Waals surface area contributed by atoms with Crippen LogP contribution in [-0.2, 0) is 4.79 Å². The van der Waals surface area contributed by atoms with Crippen LogP contribution in [0.1, 0.15) is 33.6 Å². The Morgan fingerprint density at radius 1 is 1.03 bits per heavy atom. The zero-order valence-corrected chi connectivity index (χ0v) is 17.3. The second-order valence-corrected chi connectivity index (χ2v) is 8.07. The van der Waals surface area contributed by atoms with Crippen LogP contribution in [0.25, 0.3) is 0 Å². The van der Waals surface area contributed by atoms with E-state index in [0.29, 0.717) is 30.4 Å². The van der Waals surface area contributed by atoms with Crippen molar-refractivity contribution >= 4 is 33.7 Å². The summed E-state index contributed by atoms with van der Waals surface area (Å²) in [6, 6.07) is 7.91. The summed E-state index contributed by atoms with van der Waals surface area (Å²) >= 11 is 3.27. The molecule has 0 N–H and O–H groups in total. The lowest BCUT2D eigenvalue weighted by molar-refractivity contribution is -0.133. The van der Waals surface area contributed by atoms with Crippen molar-refractivity contribution in [3.05, 3.63) is 63.6 Å². The Kier molecular flexibility index (Phi) is 5.55. The zero-order chi connectivity index (χ0) is 21.4. The minimum absolute atomic E-state index is 0.0293. The Labute approximate surface area is 179 Å². The molecule has 0 atom stereocenters. The number of carbonyl (C=O) groups is 3. The maximum Gasteiger partial charge on any atom is 0.262 e. The maximum atomic E-state index is 13.7. The van der Waals surface area contributed by atoms with Crippen molar-refractivity contribution in [2.24, 2.45) is 0 Å². The van der Waals surface area contributed by atoms with Crippen LogP contribution in [0.5, 0.6) is 5.75 Å². The van der Waals surface area contributed by atoms with E-state index in [4.69, 9.17) is 4.74 Å². The Morgan fingerprint density at radius 2 is 1.73 bits per heavy atom. The van der Waals surface area contributed by atoms with Crippen LogP contribution in [0.3, 0.4) is 0 Å². The number of carbonyl (C=O) groups excluding carboxylic acids is 3. The quantitative estimate of drug-likeness (QED) is 0.631. The van der Waals surface area contributed by atoms with E-state index >= 15 is 0 Å². The standard InChI is InChI=1S/C21H17BrF2N2O4/c22-12-1-3-15-16(9-12)21(29)26(20(15)28)11-19(27)25-7-5-14(6-8-25)30-18-4-2-13(23)10-17(18)24/h1-4,9-10,14H,5-8,11H2. The molecule has 0 saturated carbocycles. The molecule has 0 aromatic heterocycles. The Bertz CT molecular complexity index is 1040. The predicted molar refractivity (Wildman–Crippen MR) is 106 cm³/mol. The summed E-state index contributed by atoms with van der Waals surface area (Å²) in [7, 11) is 0. The van der Waals surface area contributed by atoms with Crippen LogP contribution in [0.4, 0.5) is 8.78 Å². The molecule has 2 aliphatic heterocycles. The highest BCUT2D eigenvalue weighted by molar-refractivity contribution is 9.10. The number of benzene rings is 2. The zero-order valence-electron chi connectivity index (χ0n) is 15.7. The van der Waals surface area contributed by atoms with Crippen molar-refractivity contribution in [2.45, 2.75) is 18.9 Å². The molecule has 1 saturated heterocycles. The fourth-order valence-electron chi connectivity index (χ4n) is 3.62. The average Bonchev–Trinajstić information content (AvgIpc) is 2.95. The number of nitrogens with zero attached hydrogens (tertiary/aromatic N) is 2. The molecule has 6 nitrogen and oxygen atoms in total. The number of hydrogen-bond acceptors (Lipinski definition) is 4. The maximum absolute atomic E-state index is 13.7. The number of ether oxygens (including phenoxy) is 1. The van der Waals surface area contributed by atoms with E-state index < -0.39 is 23.4 Å². The summed E-state index contributed by atoms with van der Waals surface area (Å²) in [4.78, 5) is 40.2. The number of hydrogen-bond donors (Lipinski definition) is 0. The van der Waals surface area contributed by atoms with Crippen LogP contribution in [-0.4, -0.2) is 53.3 Å². The summed E-state index contributed by atoms with van der Waals surface area (Å²) in [5.74, 6) is -2.80. The first kappa shape index (κ1) is 20.5. The third-order valence-corrected chi connectivity index (χ3v) is 5.70. The van der Waals surface area contributed by atoms with Gasteiger partial charge in [0.25, 0.3) is 11.8 Å². The van der Waals surface area contributed by atoms with Gasteiger partial charge in [0.05, 0.1) is 11.1 Å². The van der Waals surface area contributed by atoms with E-state index in [1.807, 2.05) is 0 Å². The highest BCUT2D eigenvalue weighted by atomic mass is 79.9. The number of rotatable bonds is 4. The highest BCUT2D eigenvalue weighted by Gasteiger charge is 2.38. The molecule has 2 aromatic carbocycles. The van der Waals surface area contributed by atoms with E-state index in [1.54, 1.807) is 23.1 Å². The summed E-state index contributed by atoms with van der Waals surface area (Å²) in [6.07, 6.45) is 0.598. The van der Waals surface area contributed by atoms with E-state index in [2.05, 4.69) is 15.9 Å². The SMILES string of the molecule is O=C(CN1C(=O)c2ccc(Br)cc2C1=O)N1CCC(Oc2ccc(F)cc2F)CC1. The van der Waals surface area contributed by atoms with Crippen LogP contribution in [0.15, 0.2) is 40.9 Å². The van der Waals surface area contributed by atoms with E-state index in [9.17, 15) is 23.2 Å². The Morgan fingerprint density at radius 3 is 2.43 bits per heavy atom. The number of halogens is 3. The summed E-state index contributed by atoms with van der Waals surface area (Å²) < 4.78 is 33.0. The Hall–Kier alpha value is -2.81. The largest absolute Gasteiger partial charge is 0.487 e. The normalized spacial score (nSPS) is 16.8. The topological polar surface area (TPSA) is 66.9 Å². The minimum Gasteiger partial charge on any atom is -0.487 e. The lowest BCUT2D eigenvalue weighted by Crippen LogP contribution is -2.47. The van der Waals surface area contributed by atoms with E-state index in [1.165, 1.54) is 6.07 Å². The molecular weight excluding hydrogens is 462 g/mol. The molecule has 0 bridgehead atoms. The second-order valence-electron chi connectivity index (χ2n) is 7.16. The molecule has 3 amide bonds. The van der Waals surface area contributed by atoms with E-state index in [0.717, 1.165) is 17.0 Å².